The number of fused-ring (bicyclic) bond motifs is 1. The second kappa shape index (κ2) is 9.32. The van der Waals surface area contributed by atoms with Gasteiger partial charge in [-0.05, 0) is 25.8 Å². The van der Waals surface area contributed by atoms with Crippen molar-refractivity contribution >= 4 is 21.8 Å². The number of rotatable bonds is 5. The predicted molar refractivity (Wildman–Crippen MR) is 119 cm³/mol. The lowest BCUT2D eigenvalue weighted by Crippen LogP contribution is -2.69. The molecule has 3 aliphatic heterocycles. The summed E-state index contributed by atoms with van der Waals surface area (Å²) in [5, 5.41) is 4.32. The number of methoxy groups -OCH3 is 1. The molecular weight excluding hydrogens is 450 g/mol. The molecule has 184 valence electrons. The van der Waals surface area contributed by atoms with Crippen LogP contribution in [-0.4, -0.2) is 116 Å². The van der Waals surface area contributed by atoms with Gasteiger partial charge in [0.15, 0.2) is 5.69 Å². The zero-order valence-corrected chi connectivity index (χ0v) is 20.3. The monoisotopic (exact) mass is 483 g/mol. The first-order valence-corrected chi connectivity index (χ1v) is 13.0. The molecule has 11 nitrogen and oxygen atoms in total. The van der Waals surface area contributed by atoms with Crippen molar-refractivity contribution in [1.29, 1.82) is 0 Å². The predicted octanol–water partition coefficient (Wildman–Crippen LogP) is -0.530. The van der Waals surface area contributed by atoms with Crippen LogP contribution in [-0.2, 0) is 31.3 Å². The summed E-state index contributed by atoms with van der Waals surface area (Å²) in [7, 11) is -0.216. The fourth-order valence-electron chi connectivity index (χ4n) is 5.24. The maximum atomic E-state index is 14.0. The highest BCUT2D eigenvalue weighted by atomic mass is 32.2. The minimum Gasteiger partial charge on any atom is -0.383 e. The quantitative estimate of drug-likeness (QED) is 0.553. The SMILES string of the molecule is COCCN1[C@@H]2CCN(C(=O)c3cc(C)n(C)n3)C[C@@]2(C(=O)N2CCOCC2)CCS1(=O)=O. The Hall–Kier alpha value is -2.02. The molecule has 4 heterocycles. The summed E-state index contributed by atoms with van der Waals surface area (Å²) in [4.78, 5) is 30.7. The highest BCUT2D eigenvalue weighted by molar-refractivity contribution is 7.89. The van der Waals surface area contributed by atoms with E-state index in [0.717, 1.165) is 5.69 Å². The van der Waals surface area contributed by atoms with Crippen LogP contribution in [0.15, 0.2) is 6.07 Å². The van der Waals surface area contributed by atoms with Gasteiger partial charge in [-0.2, -0.15) is 9.40 Å². The van der Waals surface area contributed by atoms with Crippen molar-refractivity contribution in [1.82, 2.24) is 23.9 Å². The number of aromatic nitrogens is 2. The van der Waals surface area contributed by atoms with Crippen molar-refractivity contribution in [2.75, 3.05) is 65.4 Å². The Balaban J connectivity index is 1.69. The largest absolute Gasteiger partial charge is 0.383 e. The zero-order chi connectivity index (χ0) is 23.8. The van der Waals surface area contributed by atoms with Crippen molar-refractivity contribution in [3.8, 4) is 0 Å². The lowest BCUT2D eigenvalue weighted by Gasteiger charge is -2.54. The number of carbonyl (C=O) groups is 2. The third kappa shape index (κ3) is 4.41. The van der Waals surface area contributed by atoms with Crippen LogP contribution in [0, 0.1) is 12.3 Å². The van der Waals surface area contributed by atoms with Gasteiger partial charge in [-0.3, -0.25) is 14.3 Å². The fourth-order valence-corrected chi connectivity index (χ4v) is 7.15. The van der Waals surface area contributed by atoms with Crippen molar-refractivity contribution in [3.05, 3.63) is 17.5 Å². The smallest absolute Gasteiger partial charge is 0.274 e. The number of hydrogen-bond donors (Lipinski definition) is 0. The van der Waals surface area contributed by atoms with E-state index in [1.165, 1.54) is 11.4 Å². The molecule has 0 unspecified atom stereocenters. The van der Waals surface area contributed by atoms with E-state index in [2.05, 4.69) is 5.10 Å². The second-order valence-electron chi connectivity index (χ2n) is 9.06. The maximum absolute atomic E-state index is 14.0. The first-order valence-electron chi connectivity index (χ1n) is 11.3. The van der Waals surface area contributed by atoms with Crippen LogP contribution < -0.4 is 0 Å². The molecule has 0 bridgehead atoms. The molecule has 0 N–H and O–H groups in total. The molecule has 33 heavy (non-hydrogen) atoms. The van der Waals surface area contributed by atoms with Crippen molar-refractivity contribution < 1.29 is 27.5 Å². The van der Waals surface area contributed by atoms with Gasteiger partial charge in [0.1, 0.15) is 0 Å². The van der Waals surface area contributed by atoms with Crippen molar-refractivity contribution in [2.45, 2.75) is 25.8 Å². The van der Waals surface area contributed by atoms with E-state index < -0.39 is 21.5 Å². The Labute approximate surface area is 194 Å². The van der Waals surface area contributed by atoms with E-state index in [0.29, 0.717) is 45.0 Å². The van der Waals surface area contributed by atoms with Gasteiger partial charge in [0.25, 0.3) is 5.91 Å². The van der Waals surface area contributed by atoms with Gasteiger partial charge in [-0.25, -0.2) is 8.42 Å². The van der Waals surface area contributed by atoms with Crippen molar-refractivity contribution in [3.63, 3.8) is 0 Å². The molecule has 0 radical (unpaired) electrons. The molecule has 12 heteroatoms. The molecule has 4 rings (SSSR count). The first kappa shape index (κ1) is 24.1. The Morgan fingerprint density at radius 3 is 2.61 bits per heavy atom. The van der Waals surface area contributed by atoms with Crippen LogP contribution >= 0.6 is 0 Å². The van der Waals surface area contributed by atoms with E-state index in [1.54, 1.807) is 27.6 Å². The third-order valence-corrected chi connectivity index (χ3v) is 9.03. The van der Waals surface area contributed by atoms with Crippen LogP contribution in [0.1, 0.15) is 29.0 Å². The molecule has 3 aliphatic rings. The molecule has 1 aromatic rings. The normalized spacial score (nSPS) is 27.9. The number of sulfonamides is 1. The summed E-state index contributed by atoms with van der Waals surface area (Å²) < 4.78 is 39.7. The molecular formula is C21H33N5O6S. The van der Waals surface area contributed by atoms with Gasteiger partial charge < -0.3 is 19.3 Å². The molecule has 2 amide bonds. The molecule has 0 spiro atoms. The van der Waals surface area contributed by atoms with Gasteiger partial charge in [-0.1, -0.05) is 0 Å². The zero-order valence-electron chi connectivity index (χ0n) is 19.5. The Bertz CT molecular complexity index is 985. The standard InChI is InChI=1S/C21H33N5O6S/c1-16-14-17(22-23(16)2)19(27)25-6-4-18-21(15-25,20(28)24-7-11-32-12-8-24)5-13-33(29,30)26(18)9-10-31-3/h14,18H,4-13,15H2,1-3H3/t18-,21+/m1/s1. The summed E-state index contributed by atoms with van der Waals surface area (Å²) in [5.74, 6) is -0.459. The number of morpholine rings is 1. The minimum absolute atomic E-state index is 0.0946. The van der Waals surface area contributed by atoms with Crippen LogP contribution in [0.25, 0.3) is 0 Å². The molecule has 0 saturated carbocycles. The number of hydrogen-bond acceptors (Lipinski definition) is 7. The summed E-state index contributed by atoms with van der Waals surface area (Å²) in [5.41, 5.74) is 0.192. The number of carbonyl (C=O) groups excluding carboxylic acids is 2. The lowest BCUT2D eigenvalue weighted by molar-refractivity contribution is -0.154. The third-order valence-electron chi connectivity index (χ3n) is 7.15. The lowest BCUT2D eigenvalue weighted by atomic mass is 9.71. The van der Waals surface area contributed by atoms with Gasteiger partial charge in [-0.15, -0.1) is 0 Å². The number of aryl methyl sites for hydroxylation is 2. The topological polar surface area (TPSA) is 114 Å². The Kier molecular flexibility index (Phi) is 6.81. The number of ether oxygens (including phenoxy) is 2. The molecule has 3 fully saturated rings. The molecule has 0 aliphatic carbocycles. The minimum atomic E-state index is -3.52. The van der Waals surface area contributed by atoms with Gasteiger partial charge in [0.2, 0.25) is 15.9 Å². The van der Waals surface area contributed by atoms with Crippen LogP contribution in [0.3, 0.4) is 0 Å². The molecule has 2 atom stereocenters. The highest BCUT2D eigenvalue weighted by Crippen LogP contribution is 2.44. The number of likely N-dealkylation sites (tertiary alicyclic amines) is 1. The Morgan fingerprint density at radius 1 is 1.24 bits per heavy atom. The van der Waals surface area contributed by atoms with Crippen molar-refractivity contribution in [2.24, 2.45) is 12.5 Å². The average molecular weight is 484 g/mol. The van der Waals surface area contributed by atoms with E-state index in [4.69, 9.17) is 9.47 Å². The second-order valence-corrected chi connectivity index (χ2v) is 11.1. The van der Waals surface area contributed by atoms with Crippen LogP contribution in [0.4, 0.5) is 0 Å². The summed E-state index contributed by atoms with van der Waals surface area (Å²) in [6, 6.07) is 1.22. The average Bonchev–Trinajstić information content (AvgIpc) is 3.15. The number of nitrogens with zero attached hydrogens (tertiary/aromatic N) is 5. The van der Waals surface area contributed by atoms with E-state index in [9.17, 15) is 18.0 Å². The Morgan fingerprint density at radius 2 is 1.97 bits per heavy atom. The number of piperidine rings is 1. The summed E-state index contributed by atoms with van der Waals surface area (Å²) in [6.45, 7) is 4.66. The van der Waals surface area contributed by atoms with Gasteiger partial charge in [0.05, 0.1) is 31.0 Å². The maximum Gasteiger partial charge on any atom is 0.274 e. The van der Waals surface area contributed by atoms with Gasteiger partial charge >= 0.3 is 0 Å². The van der Waals surface area contributed by atoms with Crippen LogP contribution in [0.5, 0.6) is 0 Å². The van der Waals surface area contributed by atoms with E-state index in [-0.39, 0.29) is 43.7 Å². The molecule has 1 aromatic heterocycles. The summed E-state index contributed by atoms with van der Waals surface area (Å²) >= 11 is 0. The fraction of sp³-hybridized carbons (Fsp3) is 0.762. The first-order chi connectivity index (χ1) is 15.7. The summed E-state index contributed by atoms with van der Waals surface area (Å²) in [6.07, 6.45) is 0.571. The number of amides is 2. The van der Waals surface area contributed by atoms with E-state index >= 15 is 0 Å². The van der Waals surface area contributed by atoms with E-state index in [1.807, 2.05) is 6.92 Å². The molecule has 3 saturated heterocycles. The highest BCUT2D eigenvalue weighted by Gasteiger charge is 2.58. The van der Waals surface area contributed by atoms with Crippen LogP contribution in [0.2, 0.25) is 0 Å². The molecule has 0 aromatic carbocycles. The van der Waals surface area contributed by atoms with Gasteiger partial charge in [0, 0.05) is 58.6 Å².